The maximum absolute atomic E-state index is 11.9. The minimum absolute atomic E-state index is 0.0154. The van der Waals surface area contributed by atoms with Crippen LogP contribution in [0.4, 0.5) is 8.78 Å². The van der Waals surface area contributed by atoms with Crippen LogP contribution in [0.5, 0.6) is 5.75 Å². The van der Waals surface area contributed by atoms with Gasteiger partial charge >= 0.3 is 6.61 Å². The Morgan fingerprint density at radius 3 is 2.60 bits per heavy atom. The number of aliphatic hydroxyl groups is 1. The van der Waals surface area contributed by atoms with Crippen molar-refractivity contribution in [1.29, 1.82) is 0 Å². The van der Waals surface area contributed by atoms with E-state index in [1.54, 1.807) is 12.1 Å². The van der Waals surface area contributed by atoms with Gasteiger partial charge in [0.15, 0.2) is 0 Å². The molecule has 0 aliphatic heterocycles. The van der Waals surface area contributed by atoms with Gasteiger partial charge in [-0.05, 0) is 33.6 Å². The van der Waals surface area contributed by atoms with Gasteiger partial charge in [0.2, 0.25) is 0 Å². The minimum Gasteiger partial charge on any atom is -0.434 e. The van der Waals surface area contributed by atoms with Gasteiger partial charge in [-0.3, -0.25) is 0 Å². The summed E-state index contributed by atoms with van der Waals surface area (Å²) in [7, 11) is 0. The standard InChI is InChI=1S/C10H11BrF2O2/c1-6(5-14)7-2-3-9(8(11)4-7)15-10(12)13/h2-4,6,10,14H,5H2,1H3. The number of rotatable bonds is 4. The fraction of sp³-hybridized carbons (Fsp3) is 0.400. The lowest BCUT2D eigenvalue weighted by molar-refractivity contribution is -0.0503. The van der Waals surface area contributed by atoms with Crippen molar-refractivity contribution < 1.29 is 18.6 Å². The highest BCUT2D eigenvalue weighted by Gasteiger charge is 2.11. The summed E-state index contributed by atoms with van der Waals surface area (Å²) in [5.74, 6) is 0.0702. The monoisotopic (exact) mass is 280 g/mol. The maximum Gasteiger partial charge on any atom is 0.387 e. The Balaban J connectivity index is 2.88. The largest absolute Gasteiger partial charge is 0.434 e. The van der Waals surface area contributed by atoms with E-state index in [1.807, 2.05) is 6.92 Å². The average molecular weight is 281 g/mol. The molecule has 0 amide bonds. The smallest absolute Gasteiger partial charge is 0.387 e. The molecule has 0 saturated carbocycles. The molecular formula is C10H11BrF2O2. The van der Waals surface area contributed by atoms with Crippen LogP contribution in [0.25, 0.3) is 0 Å². The Hall–Kier alpha value is -0.680. The van der Waals surface area contributed by atoms with Crippen LogP contribution in [0.1, 0.15) is 18.4 Å². The van der Waals surface area contributed by atoms with E-state index in [4.69, 9.17) is 5.11 Å². The molecular weight excluding hydrogens is 270 g/mol. The first-order valence-electron chi connectivity index (χ1n) is 4.39. The number of alkyl halides is 2. The number of hydrogen-bond acceptors (Lipinski definition) is 2. The lowest BCUT2D eigenvalue weighted by Gasteiger charge is -2.11. The second-order valence-corrected chi connectivity index (χ2v) is 4.01. The van der Waals surface area contributed by atoms with Gasteiger partial charge in [0, 0.05) is 12.5 Å². The van der Waals surface area contributed by atoms with Gasteiger partial charge < -0.3 is 9.84 Å². The van der Waals surface area contributed by atoms with Crippen molar-refractivity contribution in [2.24, 2.45) is 0 Å². The molecule has 5 heteroatoms. The van der Waals surface area contributed by atoms with E-state index in [-0.39, 0.29) is 18.3 Å². The van der Waals surface area contributed by atoms with Gasteiger partial charge in [-0.15, -0.1) is 0 Å². The van der Waals surface area contributed by atoms with Crippen LogP contribution in [-0.2, 0) is 0 Å². The first kappa shape index (κ1) is 12.4. The molecule has 1 unspecified atom stereocenters. The number of aliphatic hydroxyl groups excluding tert-OH is 1. The number of hydrogen-bond donors (Lipinski definition) is 1. The predicted molar refractivity (Wildman–Crippen MR) is 56.3 cm³/mol. The molecule has 0 aromatic heterocycles. The molecule has 0 spiro atoms. The summed E-state index contributed by atoms with van der Waals surface area (Å²) in [6.45, 7) is -0.973. The highest BCUT2D eigenvalue weighted by Crippen LogP contribution is 2.29. The zero-order valence-electron chi connectivity index (χ0n) is 8.08. The Kier molecular flexibility index (Phi) is 4.47. The van der Waals surface area contributed by atoms with Crippen molar-refractivity contribution >= 4 is 15.9 Å². The highest BCUT2D eigenvalue weighted by molar-refractivity contribution is 9.10. The van der Waals surface area contributed by atoms with Crippen LogP contribution < -0.4 is 4.74 Å². The third-order valence-electron chi connectivity index (χ3n) is 2.01. The van der Waals surface area contributed by atoms with E-state index in [9.17, 15) is 8.78 Å². The number of ether oxygens (including phenoxy) is 1. The molecule has 0 aliphatic rings. The molecule has 0 radical (unpaired) electrons. The van der Waals surface area contributed by atoms with E-state index in [0.717, 1.165) is 5.56 Å². The van der Waals surface area contributed by atoms with Gasteiger partial charge in [0.1, 0.15) is 5.75 Å². The van der Waals surface area contributed by atoms with Crippen molar-refractivity contribution in [1.82, 2.24) is 0 Å². The normalized spacial score (nSPS) is 12.9. The Morgan fingerprint density at radius 2 is 2.13 bits per heavy atom. The van der Waals surface area contributed by atoms with Gasteiger partial charge in [0.25, 0.3) is 0 Å². The van der Waals surface area contributed by atoms with Crippen LogP contribution in [-0.4, -0.2) is 18.3 Å². The summed E-state index contributed by atoms with van der Waals surface area (Å²) < 4.78 is 28.6. The SMILES string of the molecule is CC(CO)c1ccc(OC(F)F)c(Br)c1. The fourth-order valence-electron chi connectivity index (χ4n) is 1.12. The lowest BCUT2D eigenvalue weighted by Crippen LogP contribution is -2.04. The van der Waals surface area contributed by atoms with Gasteiger partial charge in [-0.2, -0.15) is 8.78 Å². The van der Waals surface area contributed by atoms with Gasteiger partial charge in [-0.25, -0.2) is 0 Å². The quantitative estimate of drug-likeness (QED) is 0.918. The third kappa shape index (κ3) is 3.43. The fourth-order valence-corrected chi connectivity index (χ4v) is 1.61. The van der Waals surface area contributed by atoms with Gasteiger partial charge in [-0.1, -0.05) is 13.0 Å². The molecule has 84 valence electrons. The predicted octanol–water partition coefficient (Wildman–Crippen LogP) is 3.15. The van der Waals surface area contributed by atoms with Crippen LogP contribution in [0.2, 0.25) is 0 Å². The Labute approximate surface area is 95.0 Å². The summed E-state index contributed by atoms with van der Waals surface area (Å²) in [4.78, 5) is 0. The van der Waals surface area contributed by atoms with E-state index in [2.05, 4.69) is 20.7 Å². The summed E-state index contributed by atoms with van der Waals surface area (Å²) >= 11 is 3.13. The zero-order valence-corrected chi connectivity index (χ0v) is 9.67. The number of halogens is 3. The van der Waals surface area contributed by atoms with Gasteiger partial charge in [0.05, 0.1) is 4.47 Å². The molecule has 1 N–H and O–H groups in total. The summed E-state index contributed by atoms with van der Waals surface area (Å²) in [6, 6.07) is 4.78. The second kappa shape index (κ2) is 5.42. The average Bonchev–Trinajstić information content (AvgIpc) is 2.19. The van der Waals surface area contributed by atoms with Crippen molar-refractivity contribution in [3.63, 3.8) is 0 Å². The number of benzene rings is 1. The molecule has 1 aromatic rings. The van der Waals surface area contributed by atoms with E-state index in [1.165, 1.54) is 6.07 Å². The molecule has 1 rings (SSSR count). The van der Waals surface area contributed by atoms with Crippen molar-refractivity contribution in [2.75, 3.05) is 6.61 Å². The molecule has 1 atom stereocenters. The molecule has 0 fully saturated rings. The maximum atomic E-state index is 11.9. The summed E-state index contributed by atoms with van der Waals surface area (Å²) in [6.07, 6.45) is 0. The highest BCUT2D eigenvalue weighted by atomic mass is 79.9. The van der Waals surface area contributed by atoms with Crippen molar-refractivity contribution in [3.05, 3.63) is 28.2 Å². The Morgan fingerprint density at radius 1 is 1.47 bits per heavy atom. The molecule has 0 heterocycles. The van der Waals surface area contributed by atoms with Crippen molar-refractivity contribution in [2.45, 2.75) is 19.5 Å². The molecule has 1 aromatic carbocycles. The van der Waals surface area contributed by atoms with Crippen LogP contribution in [0, 0.1) is 0 Å². The van der Waals surface area contributed by atoms with Crippen molar-refractivity contribution in [3.8, 4) is 5.75 Å². The summed E-state index contributed by atoms with van der Waals surface area (Å²) in [5, 5.41) is 8.93. The van der Waals surface area contributed by atoms with E-state index < -0.39 is 6.61 Å². The Bertz CT molecular complexity index is 331. The third-order valence-corrected chi connectivity index (χ3v) is 2.63. The summed E-state index contributed by atoms with van der Waals surface area (Å²) in [5.41, 5.74) is 0.867. The molecule has 0 saturated heterocycles. The van der Waals surface area contributed by atoms with E-state index >= 15 is 0 Å². The van der Waals surface area contributed by atoms with Crippen LogP contribution in [0.15, 0.2) is 22.7 Å². The first-order valence-corrected chi connectivity index (χ1v) is 5.19. The van der Waals surface area contributed by atoms with Crippen LogP contribution in [0.3, 0.4) is 0 Å². The topological polar surface area (TPSA) is 29.5 Å². The second-order valence-electron chi connectivity index (χ2n) is 3.15. The first-order chi connectivity index (χ1) is 7.04. The molecule has 0 aliphatic carbocycles. The zero-order chi connectivity index (χ0) is 11.4. The molecule has 2 nitrogen and oxygen atoms in total. The van der Waals surface area contributed by atoms with E-state index in [0.29, 0.717) is 4.47 Å². The molecule has 15 heavy (non-hydrogen) atoms. The molecule has 0 bridgehead atoms. The lowest BCUT2D eigenvalue weighted by atomic mass is 10.0. The minimum atomic E-state index is -2.83. The van der Waals surface area contributed by atoms with Crippen LogP contribution >= 0.6 is 15.9 Å².